The number of amides is 1. The highest BCUT2D eigenvalue weighted by molar-refractivity contribution is 9.10. The first-order valence-electron chi connectivity index (χ1n) is 6.01. The van der Waals surface area contributed by atoms with Crippen LogP contribution in [0, 0.1) is 0 Å². The molecule has 0 saturated carbocycles. The third-order valence-electron chi connectivity index (χ3n) is 2.67. The SMILES string of the molecule is O=C(O)CCC[C@@H](NC(=O)c1ccc(Cl)c(Br)c1)C(=O)O. The molecule has 3 N–H and O–H groups in total. The highest BCUT2D eigenvalue weighted by atomic mass is 79.9. The fraction of sp³-hybridized carbons (Fsp3) is 0.308. The van der Waals surface area contributed by atoms with Crippen LogP contribution in [0.25, 0.3) is 0 Å². The molecule has 0 bridgehead atoms. The van der Waals surface area contributed by atoms with Gasteiger partial charge in [-0.25, -0.2) is 4.79 Å². The zero-order valence-electron chi connectivity index (χ0n) is 10.8. The fourth-order valence-corrected chi connectivity index (χ4v) is 2.09. The van der Waals surface area contributed by atoms with E-state index in [0.717, 1.165) is 0 Å². The standard InChI is InChI=1S/C13H13BrClNO5/c14-8-6-7(4-5-9(8)15)12(19)16-10(13(20)21)2-1-3-11(17)18/h4-6,10H,1-3H2,(H,16,19)(H,17,18)(H,20,21)/t10-/m1/s1. The van der Waals surface area contributed by atoms with Crippen molar-refractivity contribution in [2.24, 2.45) is 0 Å². The number of carbonyl (C=O) groups is 3. The molecule has 0 aliphatic rings. The molecule has 0 fully saturated rings. The highest BCUT2D eigenvalue weighted by Gasteiger charge is 2.21. The second kappa shape index (κ2) is 7.99. The van der Waals surface area contributed by atoms with Crippen molar-refractivity contribution in [2.75, 3.05) is 0 Å². The largest absolute Gasteiger partial charge is 0.481 e. The minimum absolute atomic E-state index is 0.0438. The van der Waals surface area contributed by atoms with Gasteiger partial charge >= 0.3 is 11.9 Å². The zero-order valence-corrected chi connectivity index (χ0v) is 13.1. The first-order valence-corrected chi connectivity index (χ1v) is 7.19. The van der Waals surface area contributed by atoms with Gasteiger partial charge < -0.3 is 15.5 Å². The van der Waals surface area contributed by atoms with Crippen molar-refractivity contribution < 1.29 is 24.6 Å². The van der Waals surface area contributed by atoms with Gasteiger partial charge in [0.25, 0.3) is 5.91 Å². The van der Waals surface area contributed by atoms with E-state index in [-0.39, 0.29) is 24.8 Å². The van der Waals surface area contributed by atoms with E-state index in [2.05, 4.69) is 21.2 Å². The fourth-order valence-electron chi connectivity index (χ4n) is 1.59. The van der Waals surface area contributed by atoms with Crippen LogP contribution in [0.15, 0.2) is 22.7 Å². The molecule has 0 spiro atoms. The third-order valence-corrected chi connectivity index (χ3v) is 3.88. The molecular weight excluding hydrogens is 366 g/mol. The van der Waals surface area contributed by atoms with Gasteiger partial charge in [0, 0.05) is 16.5 Å². The molecule has 1 aromatic carbocycles. The van der Waals surface area contributed by atoms with Crippen LogP contribution in [0.3, 0.4) is 0 Å². The van der Waals surface area contributed by atoms with Gasteiger partial charge in [0.1, 0.15) is 6.04 Å². The molecule has 0 heterocycles. The monoisotopic (exact) mass is 377 g/mol. The average Bonchev–Trinajstić information content (AvgIpc) is 2.40. The van der Waals surface area contributed by atoms with Crippen LogP contribution in [0.1, 0.15) is 29.6 Å². The zero-order chi connectivity index (χ0) is 16.0. The van der Waals surface area contributed by atoms with E-state index in [1.807, 2.05) is 0 Å². The number of nitrogens with one attached hydrogen (secondary N) is 1. The number of rotatable bonds is 7. The molecule has 0 aromatic heterocycles. The van der Waals surface area contributed by atoms with Crippen LogP contribution in [0.4, 0.5) is 0 Å². The van der Waals surface area contributed by atoms with Crippen molar-refractivity contribution in [1.29, 1.82) is 0 Å². The van der Waals surface area contributed by atoms with Crippen molar-refractivity contribution in [3.05, 3.63) is 33.3 Å². The molecule has 1 rings (SSSR count). The molecule has 0 radical (unpaired) electrons. The van der Waals surface area contributed by atoms with Crippen LogP contribution in [-0.4, -0.2) is 34.1 Å². The summed E-state index contributed by atoms with van der Waals surface area (Å²) in [4.78, 5) is 33.4. The molecule has 0 aliphatic carbocycles. The normalized spacial score (nSPS) is 11.7. The van der Waals surface area contributed by atoms with Crippen LogP contribution in [0.5, 0.6) is 0 Å². The molecule has 8 heteroatoms. The van der Waals surface area contributed by atoms with Crippen molar-refractivity contribution in [3.63, 3.8) is 0 Å². The first-order chi connectivity index (χ1) is 9.81. The summed E-state index contributed by atoms with van der Waals surface area (Å²) in [6.45, 7) is 0. The van der Waals surface area contributed by atoms with Crippen molar-refractivity contribution >= 4 is 45.4 Å². The Bertz CT molecular complexity index is 563. The summed E-state index contributed by atoms with van der Waals surface area (Å²) in [7, 11) is 0. The predicted octanol–water partition coefficient (Wildman–Crippen LogP) is 2.54. The lowest BCUT2D eigenvalue weighted by atomic mass is 10.1. The Labute approximate surface area is 134 Å². The molecule has 1 atom stereocenters. The predicted molar refractivity (Wildman–Crippen MR) is 79.5 cm³/mol. The summed E-state index contributed by atoms with van der Waals surface area (Å²) in [6.07, 6.45) is 0.0607. The smallest absolute Gasteiger partial charge is 0.326 e. The molecule has 0 saturated heterocycles. The van der Waals surface area contributed by atoms with Crippen LogP contribution in [-0.2, 0) is 9.59 Å². The van der Waals surface area contributed by atoms with E-state index < -0.39 is 23.9 Å². The third kappa shape index (κ3) is 5.73. The maximum Gasteiger partial charge on any atom is 0.326 e. The molecule has 0 unspecified atom stereocenters. The minimum atomic E-state index is -1.21. The number of halogens is 2. The summed E-state index contributed by atoms with van der Waals surface area (Å²) >= 11 is 8.99. The number of carboxylic acids is 2. The molecule has 1 amide bonds. The van der Waals surface area contributed by atoms with Gasteiger partial charge in [-0.05, 0) is 47.0 Å². The quantitative estimate of drug-likeness (QED) is 0.676. The van der Waals surface area contributed by atoms with Crippen LogP contribution >= 0.6 is 27.5 Å². The summed E-state index contributed by atoms with van der Waals surface area (Å²) in [5.74, 6) is -2.77. The minimum Gasteiger partial charge on any atom is -0.481 e. The Morgan fingerprint density at radius 1 is 1.29 bits per heavy atom. The molecule has 1 aromatic rings. The van der Waals surface area contributed by atoms with Crippen LogP contribution < -0.4 is 5.32 Å². The number of hydrogen-bond donors (Lipinski definition) is 3. The van der Waals surface area contributed by atoms with Crippen molar-refractivity contribution in [1.82, 2.24) is 5.32 Å². The number of aliphatic carboxylic acids is 2. The Morgan fingerprint density at radius 2 is 1.95 bits per heavy atom. The first kappa shape index (κ1) is 17.5. The van der Waals surface area contributed by atoms with Gasteiger partial charge in [-0.1, -0.05) is 11.6 Å². The number of benzene rings is 1. The Hall–Kier alpha value is -1.60. The van der Waals surface area contributed by atoms with E-state index in [9.17, 15) is 14.4 Å². The van der Waals surface area contributed by atoms with E-state index >= 15 is 0 Å². The number of carbonyl (C=O) groups excluding carboxylic acids is 1. The highest BCUT2D eigenvalue weighted by Crippen LogP contribution is 2.23. The van der Waals surface area contributed by atoms with Crippen molar-refractivity contribution in [3.8, 4) is 0 Å². The average molecular weight is 379 g/mol. The topological polar surface area (TPSA) is 104 Å². The molecule has 0 aliphatic heterocycles. The summed E-state index contributed by atoms with van der Waals surface area (Å²) in [6, 6.07) is 3.33. The second-order valence-electron chi connectivity index (χ2n) is 4.28. The molecule has 114 valence electrons. The maximum absolute atomic E-state index is 12.0. The Kier molecular flexibility index (Phi) is 6.64. The lowest BCUT2D eigenvalue weighted by Gasteiger charge is -2.14. The Balaban J connectivity index is 2.69. The van der Waals surface area contributed by atoms with E-state index in [1.165, 1.54) is 18.2 Å². The molecular formula is C13H13BrClNO5. The summed E-state index contributed by atoms with van der Waals surface area (Å²) < 4.78 is 0.523. The van der Waals surface area contributed by atoms with E-state index in [1.54, 1.807) is 0 Å². The van der Waals surface area contributed by atoms with Gasteiger partial charge in [-0.3, -0.25) is 9.59 Å². The van der Waals surface area contributed by atoms with E-state index in [4.69, 9.17) is 21.8 Å². The van der Waals surface area contributed by atoms with Gasteiger partial charge in [0.2, 0.25) is 0 Å². The van der Waals surface area contributed by atoms with Gasteiger partial charge in [0.15, 0.2) is 0 Å². The molecule has 21 heavy (non-hydrogen) atoms. The lowest BCUT2D eigenvalue weighted by Crippen LogP contribution is -2.40. The maximum atomic E-state index is 12.0. The van der Waals surface area contributed by atoms with Crippen molar-refractivity contribution in [2.45, 2.75) is 25.3 Å². The van der Waals surface area contributed by atoms with Crippen LogP contribution in [0.2, 0.25) is 5.02 Å². The van der Waals surface area contributed by atoms with Gasteiger partial charge in [-0.15, -0.1) is 0 Å². The number of hydrogen-bond acceptors (Lipinski definition) is 3. The van der Waals surface area contributed by atoms with Gasteiger partial charge in [0.05, 0.1) is 5.02 Å². The second-order valence-corrected chi connectivity index (χ2v) is 5.54. The summed E-state index contributed by atoms with van der Waals surface area (Å²) in [5, 5.41) is 20.4. The van der Waals surface area contributed by atoms with Gasteiger partial charge in [-0.2, -0.15) is 0 Å². The Morgan fingerprint density at radius 3 is 2.48 bits per heavy atom. The summed E-state index contributed by atoms with van der Waals surface area (Å²) in [5.41, 5.74) is 0.260. The van der Waals surface area contributed by atoms with E-state index in [0.29, 0.717) is 9.50 Å². The lowest BCUT2D eigenvalue weighted by molar-refractivity contribution is -0.140. The molecule has 6 nitrogen and oxygen atoms in total. The number of carboxylic acid groups (broad SMARTS) is 2.